The number of carbonyl (C=O) groups excluding carboxylic acids is 2. The van der Waals surface area contributed by atoms with Crippen LogP contribution in [0.5, 0.6) is 11.5 Å². The summed E-state index contributed by atoms with van der Waals surface area (Å²) in [6.07, 6.45) is 1.50. The highest BCUT2D eigenvalue weighted by molar-refractivity contribution is 14.1. The molecule has 2 N–H and O–H groups in total. The number of rotatable bonds is 6. The van der Waals surface area contributed by atoms with E-state index in [9.17, 15) is 9.59 Å². The van der Waals surface area contributed by atoms with Crippen LogP contribution in [0.15, 0.2) is 42.0 Å². The largest absolute Gasteiger partial charge is 0.490 e. The highest BCUT2D eigenvalue weighted by atomic mass is 127. The minimum absolute atomic E-state index is 0.00147. The van der Waals surface area contributed by atoms with Gasteiger partial charge >= 0.3 is 0 Å². The SMILES string of the molecule is CCOc1cc(C=C2C(=O)NC(=S)NC2=O)cc(I)c1OCc1ccc(C)cc1. The highest BCUT2D eigenvalue weighted by Crippen LogP contribution is 2.35. The fourth-order valence-electron chi connectivity index (χ4n) is 2.69. The minimum atomic E-state index is -0.536. The Kier molecular flexibility index (Phi) is 6.86. The number of hydrogen-bond acceptors (Lipinski definition) is 5. The Balaban J connectivity index is 1.88. The summed E-state index contributed by atoms with van der Waals surface area (Å²) in [6, 6.07) is 11.7. The van der Waals surface area contributed by atoms with Gasteiger partial charge in [0.15, 0.2) is 16.6 Å². The second-order valence-corrected chi connectivity index (χ2v) is 7.90. The lowest BCUT2D eigenvalue weighted by Gasteiger charge is -2.17. The van der Waals surface area contributed by atoms with Crippen molar-refractivity contribution < 1.29 is 19.1 Å². The molecule has 1 aliphatic rings. The number of hydrogen-bond donors (Lipinski definition) is 2. The molecule has 0 atom stereocenters. The van der Waals surface area contributed by atoms with Crippen LogP contribution in [0.25, 0.3) is 6.08 Å². The van der Waals surface area contributed by atoms with Crippen LogP contribution in [0, 0.1) is 10.5 Å². The molecule has 8 heteroatoms. The number of halogens is 1. The van der Waals surface area contributed by atoms with E-state index in [1.165, 1.54) is 11.6 Å². The lowest BCUT2D eigenvalue weighted by atomic mass is 10.1. The summed E-state index contributed by atoms with van der Waals surface area (Å²) in [5.41, 5.74) is 2.86. The van der Waals surface area contributed by atoms with E-state index in [2.05, 4.69) is 33.2 Å². The molecule has 150 valence electrons. The molecular formula is C21H19IN2O4S. The quantitative estimate of drug-likeness (QED) is 0.263. The van der Waals surface area contributed by atoms with E-state index in [1.54, 1.807) is 6.07 Å². The van der Waals surface area contributed by atoms with E-state index in [4.69, 9.17) is 21.7 Å². The predicted octanol–water partition coefficient (Wildman–Crippen LogP) is 3.49. The van der Waals surface area contributed by atoms with Gasteiger partial charge in [-0.25, -0.2) is 0 Å². The summed E-state index contributed by atoms with van der Waals surface area (Å²) in [6.45, 7) is 4.77. The predicted molar refractivity (Wildman–Crippen MR) is 123 cm³/mol. The molecule has 0 bridgehead atoms. The molecule has 29 heavy (non-hydrogen) atoms. The zero-order valence-corrected chi connectivity index (χ0v) is 18.8. The smallest absolute Gasteiger partial charge is 0.263 e. The first-order chi connectivity index (χ1) is 13.9. The van der Waals surface area contributed by atoms with Crippen LogP contribution in [0.2, 0.25) is 0 Å². The molecule has 1 aliphatic heterocycles. The van der Waals surface area contributed by atoms with Gasteiger partial charge in [-0.2, -0.15) is 0 Å². The number of aryl methyl sites for hydroxylation is 1. The van der Waals surface area contributed by atoms with Gasteiger partial charge in [0.1, 0.15) is 12.2 Å². The number of ether oxygens (including phenoxy) is 2. The summed E-state index contributed by atoms with van der Waals surface area (Å²) in [5.74, 6) is 0.0947. The molecule has 0 spiro atoms. The third kappa shape index (κ3) is 5.33. The Hall–Kier alpha value is -2.46. The normalized spacial score (nSPS) is 13.6. The van der Waals surface area contributed by atoms with Gasteiger partial charge in [0.05, 0.1) is 10.2 Å². The van der Waals surface area contributed by atoms with Gasteiger partial charge < -0.3 is 9.47 Å². The first-order valence-electron chi connectivity index (χ1n) is 8.90. The van der Waals surface area contributed by atoms with Crippen molar-refractivity contribution in [3.63, 3.8) is 0 Å². The number of nitrogens with one attached hydrogen (secondary N) is 2. The lowest BCUT2D eigenvalue weighted by Crippen LogP contribution is -2.51. The molecule has 2 aromatic carbocycles. The van der Waals surface area contributed by atoms with Crippen molar-refractivity contribution in [2.75, 3.05) is 6.61 Å². The maximum atomic E-state index is 12.1. The van der Waals surface area contributed by atoms with Gasteiger partial charge in [0.25, 0.3) is 11.8 Å². The molecule has 6 nitrogen and oxygen atoms in total. The second kappa shape index (κ2) is 9.36. The van der Waals surface area contributed by atoms with Crippen molar-refractivity contribution >= 4 is 57.8 Å². The van der Waals surface area contributed by atoms with Gasteiger partial charge in [-0.3, -0.25) is 20.2 Å². The van der Waals surface area contributed by atoms with E-state index >= 15 is 0 Å². The minimum Gasteiger partial charge on any atom is -0.490 e. The molecular weight excluding hydrogens is 503 g/mol. The zero-order valence-electron chi connectivity index (χ0n) is 15.9. The van der Waals surface area contributed by atoms with Crippen LogP contribution in [-0.2, 0) is 16.2 Å². The molecule has 0 aromatic heterocycles. The number of thiocarbonyl (C=S) groups is 1. The van der Waals surface area contributed by atoms with Gasteiger partial charge in [-0.15, -0.1) is 0 Å². The molecule has 0 unspecified atom stereocenters. The number of amides is 2. The fourth-order valence-corrected chi connectivity index (χ4v) is 3.65. The van der Waals surface area contributed by atoms with Crippen LogP contribution in [0.3, 0.4) is 0 Å². The third-order valence-electron chi connectivity index (χ3n) is 4.09. The van der Waals surface area contributed by atoms with E-state index < -0.39 is 11.8 Å². The van der Waals surface area contributed by atoms with Crippen LogP contribution in [0.4, 0.5) is 0 Å². The van der Waals surface area contributed by atoms with Crippen molar-refractivity contribution in [2.45, 2.75) is 20.5 Å². The van der Waals surface area contributed by atoms with Crippen LogP contribution >= 0.6 is 34.8 Å². The Bertz CT molecular complexity index is 980. The number of benzene rings is 2. The molecule has 0 radical (unpaired) electrons. The molecule has 1 heterocycles. The Morgan fingerprint density at radius 1 is 1.07 bits per heavy atom. The standard InChI is InChI=1S/C21H19IN2O4S/c1-3-27-17-10-14(8-15-19(25)23-21(29)24-20(15)26)9-16(22)18(17)28-11-13-6-4-12(2)5-7-13/h4-10H,3,11H2,1-2H3,(H2,23,24,25,26,29). The van der Waals surface area contributed by atoms with Crippen molar-refractivity contribution in [2.24, 2.45) is 0 Å². The summed E-state index contributed by atoms with van der Waals surface area (Å²) in [5, 5.41) is 4.85. The van der Waals surface area contributed by atoms with E-state index in [-0.39, 0.29) is 10.7 Å². The maximum absolute atomic E-state index is 12.1. The molecule has 1 saturated heterocycles. The van der Waals surface area contributed by atoms with Gasteiger partial charge in [0.2, 0.25) is 0 Å². The lowest BCUT2D eigenvalue weighted by molar-refractivity contribution is -0.123. The molecule has 0 saturated carbocycles. The molecule has 1 fully saturated rings. The Morgan fingerprint density at radius 3 is 2.34 bits per heavy atom. The fraction of sp³-hybridized carbons (Fsp3) is 0.190. The Morgan fingerprint density at radius 2 is 1.72 bits per heavy atom. The summed E-state index contributed by atoms with van der Waals surface area (Å²) in [7, 11) is 0. The average molecular weight is 522 g/mol. The average Bonchev–Trinajstić information content (AvgIpc) is 2.65. The molecule has 3 rings (SSSR count). The summed E-state index contributed by atoms with van der Waals surface area (Å²) >= 11 is 6.97. The van der Waals surface area contributed by atoms with E-state index in [0.29, 0.717) is 30.3 Å². The maximum Gasteiger partial charge on any atom is 0.263 e. The molecule has 0 aliphatic carbocycles. The first kappa shape index (κ1) is 21.3. The topological polar surface area (TPSA) is 76.7 Å². The second-order valence-electron chi connectivity index (χ2n) is 6.33. The van der Waals surface area contributed by atoms with Crippen LogP contribution < -0.4 is 20.1 Å². The first-order valence-corrected chi connectivity index (χ1v) is 10.4. The molecule has 2 amide bonds. The monoisotopic (exact) mass is 522 g/mol. The third-order valence-corrected chi connectivity index (χ3v) is 5.10. The van der Waals surface area contributed by atoms with Crippen molar-refractivity contribution in [3.8, 4) is 11.5 Å². The highest BCUT2D eigenvalue weighted by Gasteiger charge is 2.26. The molecule has 2 aromatic rings. The van der Waals surface area contributed by atoms with E-state index in [1.807, 2.05) is 44.2 Å². The van der Waals surface area contributed by atoms with Crippen molar-refractivity contribution in [1.82, 2.24) is 10.6 Å². The van der Waals surface area contributed by atoms with Gasteiger partial charge in [0, 0.05) is 0 Å². The van der Waals surface area contributed by atoms with Gasteiger partial charge in [-0.05, 0) is 78.0 Å². The van der Waals surface area contributed by atoms with E-state index in [0.717, 1.165) is 9.13 Å². The summed E-state index contributed by atoms with van der Waals surface area (Å²) in [4.78, 5) is 24.2. The number of carbonyl (C=O) groups is 2. The van der Waals surface area contributed by atoms with Crippen LogP contribution in [-0.4, -0.2) is 23.5 Å². The van der Waals surface area contributed by atoms with Crippen molar-refractivity contribution in [1.29, 1.82) is 0 Å². The zero-order chi connectivity index (χ0) is 21.0. The van der Waals surface area contributed by atoms with Gasteiger partial charge in [-0.1, -0.05) is 29.8 Å². The van der Waals surface area contributed by atoms with Crippen molar-refractivity contribution in [3.05, 3.63) is 62.2 Å². The Labute approximate surface area is 187 Å². The summed E-state index contributed by atoms with van der Waals surface area (Å²) < 4.78 is 12.6. The van der Waals surface area contributed by atoms with Crippen LogP contribution in [0.1, 0.15) is 23.6 Å².